The van der Waals surface area contributed by atoms with E-state index in [1.54, 1.807) is 6.92 Å². The number of carboxylic acid groups (broad SMARTS) is 1. The predicted octanol–water partition coefficient (Wildman–Crippen LogP) is 2.62. The van der Waals surface area contributed by atoms with Gasteiger partial charge in [-0.1, -0.05) is 33.6 Å². The van der Waals surface area contributed by atoms with Crippen LogP contribution in [0.1, 0.15) is 46.5 Å². The average Bonchev–Trinajstić information content (AvgIpc) is 2.12. The number of thiocarbonyl (C=S) groups is 1. The first kappa shape index (κ1) is 22.7. The van der Waals surface area contributed by atoms with Gasteiger partial charge in [0.25, 0.3) is 0 Å². The van der Waals surface area contributed by atoms with Crippen LogP contribution in [0.15, 0.2) is 0 Å². The monoisotopic (exact) mass is 384 g/mol. The molecule has 0 N–H and O–H groups in total. The number of hydrogen-bond donors (Lipinski definition) is 0. The van der Waals surface area contributed by atoms with Gasteiger partial charge in [-0.2, -0.15) is 4.20 Å². The van der Waals surface area contributed by atoms with Crippen LogP contribution in [0.2, 0.25) is 9.88 Å². The van der Waals surface area contributed by atoms with E-state index >= 15 is 0 Å². The molecule has 0 saturated heterocycles. The molecule has 2 nitrogen and oxygen atoms in total. The Balaban J connectivity index is -0.000000232. The van der Waals surface area contributed by atoms with Crippen molar-refractivity contribution < 1.29 is 9.90 Å². The molecule has 0 aromatic rings. The van der Waals surface area contributed by atoms with Gasteiger partial charge in [0.2, 0.25) is 0 Å². The molecule has 0 saturated carbocycles. The summed E-state index contributed by atoms with van der Waals surface area (Å²) in [6, 6.07) is 0. The van der Waals surface area contributed by atoms with E-state index in [0.717, 1.165) is 19.3 Å². The van der Waals surface area contributed by atoms with Gasteiger partial charge in [0.15, 0.2) is 0 Å². The molecular weight excluding hydrogens is 359 g/mol. The summed E-state index contributed by atoms with van der Waals surface area (Å²) in [5.74, 6) is -0.245. The molecule has 0 spiro atoms. The number of aliphatic carboxylic acids is 1. The van der Waals surface area contributed by atoms with Crippen molar-refractivity contribution in [2.45, 2.75) is 56.3 Å². The molecule has 100 valence electrons. The van der Waals surface area contributed by atoms with Gasteiger partial charge in [-0.3, -0.25) is 0 Å². The Hall–Kier alpha value is 0.579. The minimum atomic E-state index is -0.927. The van der Waals surface area contributed by atoms with E-state index in [1.165, 1.54) is 0 Å². The molecular formula is C12H24O2S2Sn. The molecule has 0 bridgehead atoms. The Bertz CT molecular complexity index is 181. The van der Waals surface area contributed by atoms with Crippen LogP contribution in [0.5, 0.6) is 0 Å². The Morgan fingerprint density at radius 2 is 1.71 bits per heavy atom. The summed E-state index contributed by atoms with van der Waals surface area (Å²) in [4.78, 5) is 14.5. The standard InChI is InChI=1S/C8H16O2.C2H4S2.2CH3.Sn/c1-7(2)5-3-4-6-8(9)10;1-2(3)4;;;/h7H,3-6H2,1-2H3,(H,9,10);1H3,(H,3,4);2*1H3;/q;;;;+2/p-2. The van der Waals surface area contributed by atoms with E-state index in [2.05, 4.69) is 48.6 Å². The van der Waals surface area contributed by atoms with Crippen LogP contribution in [0.4, 0.5) is 0 Å². The molecule has 0 aliphatic heterocycles. The quantitative estimate of drug-likeness (QED) is 0.317. The SMILES string of the molecule is CC(=S)[S-].CC(C)CCCCC(=O)[O-].[CH3][Sn+2][CH3]. The van der Waals surface area contributed by atoms with Crippen molar-refractivity contribution >= 4 is 56.2 Å². The number of hydrogen-bond acceptors (Lipinski definition) is 4. The third-order valence-corrected chi connectivity index (χ3v) is 1.41. The van der Waals surface area contributed by atoms with Crippen molar-refractivity contribution in [3.8, 4) is 0 Å². The second-order valence-electron chi connectivity index (χ2n) is 4.00. The fourth-order valence-electron chi connectivity index (χ4n) is 0.822. The Labute approximate surface area is 128 Å². The first-order valence-corrected chi connectivity index (χ1v) is 12.3. The van der Waals surface area contributed by atoms with Gasteiger partial charge in [0, 0.05) is 5.97 Å². The molecule has 0 unspecified atom stereocenters. The molecule has 0 aliphatic rings. The fraction of sp³-hybridized carbons (Fsp3) is 0.833. The summed E-state index contributed by atoms with van der Waals surface area (Å²) in [5.41, 5.74) is 0. The van der Waals surface area contributed by atoms with Gasteiger partial charge in [-0.25, -0.2) is 0 Å². The fourth-order valence-corrected chi connectivity index (χ4v) is 0.822. The van der Waals surface area contributed by atoms with Crippen molar-refractivity contribution in [3.63, 3.8) is 0 Å². The van der Waals surface area contributed by atoms with E-state index in [0.29, 0.717) is 10.1 Å². The van der Waals surface area contributed by atoms with Crippen molar-refractivity contribution in [1.82, 2.24) is 0 Å². The van der Waals surface area contributed by atoms with Gasteiger partial charge in [0.1, 0.15) is 0 Å². The van der Waals surface area contributed by atoms with E-state index in [9.17, 15) is 9.90 Å². The Morgan fingerprint density at radius 3 is 1.94 bits per heavy atom. The van der Waals surface area contributed by atoms with Gasteiger partial charge in [0.05, 0.1) is 0 Å². The zero-order chi connectivity index (χ0) is 14.3. The molecule has 0 atom stereocenters. The van der Waals surface area contributed by atoms with E-state index in [4.69, 9.17) is 0 Å². The summed E-state index contributed by atoms with van der Waals surface area (Å²) < 4.78 is 0.583. The normalized spacial score (nSPS) is 8.12. The third-order valence-electron chi connectivity index (χ3n) is 1.41. The molecule has 0 aliphatic carbocycles. The van der Waals surface area contributed by atoms with Crippen molar-refractivity contribution in [2.24, 2.45) is 5.92 Å². The number of rotatable bonds is 5. The Morgan fingerprint density at radius 1 is 1.35 bits per heavy atom. The molecule has 0 aromatic carbocycles. The van der Waals surface area contributed by atoms with Gasteiger partial charge in [-0.15, -0.1) is 0 Å². The van der Waals surface area contributed by atoms with Crippen molar-refractivity contribution in [3.05, 3.63) is 0 Å². The van der Waals surface area contributed by atoms with E-state index in [1.807, 2.05) is 0 Å². The molecule has 0 radical (unpaired) electrons. The molecule has 0 aromatic heterocycles. The second kappa shape index (κ2) is 18.9. The van der Waals surface area contributed by atoms with Gasteiger partial charge in [-0.05, 0) is 18.8 Å². The average molecular weight is 383 g/mol. The summed E-state index contributed by atoms with van der Waals surface area (Å²) in [6.45, 7) is 5.99. The summed E-state index contributed by atoms with van der Waals surface area (Å²) in [5, 5.41) is 9.93. The van der Waals surface area contributed by atoms with Crippen LogP contribution < -0.4 is 5.11 Å². The zero-order valence-electron chi connectivity index (χ0n) is 11.5. The maximum atomic E-state index is 9.93. The third kappa shape index (κ3) is 61.3. The minimum absolute atomic E-state index is 0.215. The second-order valence-corrected chi connectivity index (χ2v) is 8.34. The zero-order valence-corrected chi connectivity index (χ0v) is 16.0. The van der Waals surface area contributed by atoms with Crippen LogP contribution in [-0.4, -0.2) is 31.3 Å². The predicted molar refractivity (Wildman–Crippen MR) is 81.4 cm³/mol. The summed E-state index contributed by atoms with van der Waals surface area (Å²) >= 11 is 8.93. The van der Waals surface area contributed by atoms with Crippen LogP contribution in [0.25, 0.3) is 0 Å². The number of unbranched alkanes of at least 4 members (excludes halogenated alkanes) is 1. The van der Waals surface area contributed by atoms with E-state index in [-0.39, 0.29) is 27.6 Å². The number of carbonyl (C=O) groups is 1. The molecule has 17 heavy (non-hydrogen) atoms. The van der Waals surface area contributed by atoms with Crippen molar-refractivity contribution in [2.75, 3.05) is 0 Å². The molecule has 0 heterocycles. The van der Waals surface area contributed by atoms with Gasteiger partial charge < -0.3 is 34.7 Å². The summed E-state index contributed by atoms with van der Waals surface area (Å²) in [7, 11) is 0. The maximum absolute atomic E-state index is 9.93. The summed E-state index contributed by atoms with van der Waals surface area (Å²) in [6.07, 6.45) is 3.10. The van der Waals surface area contributed by atoms with Gasteiger partial charge >= 0.3 is 31.0 Å². The molecule has 0 amide bonds. The molecule has 0 fully saturated rings. The first-order valence-electron chi connectivity index (χ1n) is 5.73. The Kier molecular flexibility index (Phi) is 25.3. The topological polar surface area (TPSA) is 40.1 Å². The molecule has 0 rings (SSSR count). The van der Waals surface area contributed by atoms with E-state index < -0.39 is 5.97 Å². The number of carbonyl (C=O) groups excluding carboxylic acids is 1. The number of carboxylic acids is 1. The van der Waals surface area contributed by atoms with Crippen LogP contribution in [0, 0.1) is 5.92 Å². The van der Waals surface area contributed by atoms with Crippen LogP contribution >= 0.6 is 12.2 Å². The van der Waals surface area contributed by atoms with Crippen molar-refractivity contribution in [1.29, 1.82) is 0 Å². The van der Waals surface area contributed by atoms with Crippen LogP contribution in [0.3, 0.4) is 0 Å². The first-order chi connectivity index (χ1) is 7.77. The molecule has 5 heteroatoms. The van der Waals surface area contributed by atoms with Crippen LogP contribution in [-0.2, 0) is 17.4 Å².